The van der Waals surface area contributed by atoms with Gasteiger partial charge in [0.1, 0.15) is 0 Å². The van der Waals surface area contributed by atoms with E-state index in [0.29, 0.717) is 11.4 Å². The first-order valence-corrected chi connectivity index (χ1v) is 6.92. The van der Waals surface area contributed by atoms with Gasteiger partial charge in [0.2, 0.25) is 11.8 Å². The van der Waals surface area contributed by atoms with Crippen LogP contribution in [0.5, 0.6) is 0 Å². The highest BCUT2D eigenvalue weighted by Crippen LogP contribution is 2.12. The van der Waals surface area contributed by atoms with Gasteiger partial charge < -0.3 is 10.2 Å². The van der Waals surface area contributed by atoms with Crippen LogP contribution in [0.15, 0.2) is 17.5 Å². The zero-order chi connectivity index (χ0) is 14.3. The highest BCUT2D eigenvalue weighted by molar-refractivity contribution is 7.12. The topological polar surface area (TPSA) is 66.5 Å². The number of hydrogen-bond acceptors (Lipinski definition) is 4. The Morgan fingerprint density at radius 1 is 1.21 bits per heavy atom. The summed E-state index contributed by atoms with van der Waals surface area (Å²) in [5, 5.41) is 4.47. The van der Waals surface area contributed by atoms with Crippen molar-refractivity contribution in [2.75, 3.05) is 20.6 Å². The third kappa shape index (κ3) is 5.65. The van der Waals surface area contributed by atoms with Gasteiger partial charge in [0.15, 0.2) is 5.78 Å². The molecule has 104 valence electrons. The Hall–Kier alpha value is -1.69. The van der Waals surface area contributed by atoms with Gasteiger partial charge in [-0.25, -0.2) is 0 Å². The van der Waals surface area contributed by atoms with Crippen molar-refractivity contribution in [1.29, 1.82) is 0 Å². The maximum Gasteiger partial charge on any atom is 0.223 e. The molecule has 0 aliphatic rings. The van der Waals surface area contributed by atoms with Gasteiger partial charge in [0.25, 0.3) is 0 Å². The molecule has 2 amide bonds. The summed E-state index contributed by atoms with van der Waals surface area (Å²) in [5.74, 6) is -0.249. The summed E-state index contributed by atoms with van der Waals surface area (Å²) in [6.45, 7) is 0.309. The monoisotopic (exact) mass is 282 g/mol. The third-order valence-corrected chi connectivity index (χ3v) is 3.45. The number of Topliss-reactive ketones (excluding diaryl/α,β-unsaturated/α-hetero) is 1. The second-order valence-electron chi connectivity index (χ2n) is 4.29. The summed E-state index contributed by atoms with van der Waals surface area (Å²) < 4.78 is 0. The van der Waals surface area contributed by atoms with Gasteiger partial charge in [-0.15, -0.1) is 11.3 Å². The van der Waals surface area contributed by atoms with E-state index in [1.54, 1.807) is 20.2 Å². The normalized spacial score (nSPS) is 10.0. The molecule has 0 aromatic carbocycles. The molecular weight excluding hydrogens is 264 g/mol. The second-order valence-corrected chi connectivity index (χ2v) is 5.24. The summed E-state index contributed by atoms with van der Waals surface area (Å²) in [5.41, 5.74) is 0. The van der Waals surface area contributed by atoms with Gasteiger partial charge >= 0.3 is 0 Å². The zero-order valence-corrected chi connectivity index (χ0v) is 12.0. The van der Waals surface area contributed by atoms with Gasteiger partial charge in [-0.05, 0) is 11.4 Å². The SMILES string of the molecule is CN(C)C(=O)CCNC(=O)CCC(=O)c1cccs1. The van der Waals surface area contributed by atoms with E-state index in [1.165, 1.54) is 16.2 Å². The van der Waals surface area contributed by atoms with Crippen LogP contribution in [0, 0.1) is 0 Å². The lowest BCUT2D eigenvalue weighted by Gasteiger charge is -2.10. The molecule has 19 heavy (non-hydrogen) atoms. The van der Waals surface area contributed by atoms with Gasteiger partial charge in [-0.2, -0.15) is 0 Å². The van der Waals surface area contributed by atoms with E-state index in [-0.39, 0.29) is 36.9 Å². The Labute approximate surface area is 116 Å². The van der Waals surface area contributed by atoms with Crippen LogP contribution in [0.4, 0.5) is 0 Å². The largest absolute Gasteiger partial charge is 0.356 e. The minimum absolute atomic E-state index is 0.0190. The number of ketones is 1. The Morgan fingerprint density at radius 3 is 2.53 bits per heavy atom. The van der Waals surface area contributed by atoms with Crippen LogP contribution in [0.1, 0.15) is 28.9 Å². The molecule has 1 aromatic heterocycles. The molecule has 1 heterocycles. The lowest BCUT2D eigenvalue weighted by molar-refractivity contribution is -0.128. The molecular formula is C13H18N2O3S. The highest BCUT2D eigenvalue weighted by atomic mass is 32.1. The fourth-order valence-corrected chi connectivity index (χ4v) is 2.10. The Kier molecular flexibility index (Phi) is 6.21. The van der Waals surface area contributed by atoms with Crippen LogP contribution in [0.2, 0.25) is 0 Å². The van der Waals surface area contributed by atoms with Gasteiger partial charge in [-0.3, -0.25) is 14.4 Å². The molecule has 0 unspecified atom stereocenters. The molecule has 0 saturated heterocycles. The van der Waals surface area contributed by atoms with Gasteiger partial charge in [0.05, 0.1) is 4.88 Å². The second kappa shape index (κ2) is 7.68. The zero-order valence-electron chi connectivity index (χ0n) is 11.1. The predicted molar refractivity (Wildman–Crippen MR) is 74.2 cm³/mol. The number of hydrogen-bond donors (Lipinski definition) is 1. The van der Waals surface area contributed by atoms with Crippen molar-refractivity contribution in [3.63, 3.8) is 0 Å². The van der Waals surface area contributed by atoms with E-state index >= 15 is 0 Å². The smallest absolute Gasteiger partial charge is 0.223 e. The molecule has 0 aliphatic heterocycles. The number of nitrogens with zero attached hydrogens (tertiary/aromatic N) is 1. The molecule has 0 aliphatic carbocycles. The molecule has 1 rings (SSSR count). The number of nitrogens with one attached hydrogen (secondary N) is 1. The molecule has 0 bridgehead atoms. The lowest BCUT2D eigenvalue weighted by Crippen LogP contribution is -2.30. The van der Waals surface area contributed by atoms with Crippen LogP contribution in [-0.2, 0) is 9.59 Å². The van der Waals surface area contributed by atoms with Gasteiger partial charge in [0, 0.05) is 39.9 Å². The summed E-state index contributed by atoms with van der Waals surface area (Å²) >= 11 is 1.38. The lowest BCUT2D eigenvalue weighted by atomic mass is 10.2. The number of amides is 2. The molecule has 1 aromatic rings. The van der Waals surface area contributed by atoms with Crippen LogP contribution in [-0.4, -0.2) is 43.1 Å². The Morgan fingerprint density at radius 2 is 1.95 bits per heavy atom. The van der Waals surface area contributed by atoms with E-state index in [2.05, 4.69) is 5.32 Å². The average Bonchev–Trinajstić information content (AvgIpc) is 2.89. The average molecular weight is 282 g/mol. The molecule has 0 saturated carbocycles. The standard InChI is InChI=1S/C13H18N2O3S/c1-15(2)13(18)7-8-14-12(17)6-5-10(16)11-4-3-9-19-11/h3-4,9H,5-8H2,1-2H3,(H,14,17). The predicted octanol–water partition coefficient (Wildman–Crippen LogP) is 1.31. The molecule has 0 spiro atoms. The first-order chi connectivity index (χ1) is 9.00. The minimum Gasteiger partial charge on any atom is -0.356 e. The van der Waals surface area contributed by atoms with Crippen molar-refractivity contribution in [2.24, 2.45) is 0 Å². The third-order valence-electron chi connectivity index (χ3n) is 2.53. The summed E-state index contributed by atoms with van der Waals surface area (Å²) in [7, 11) is 3.34. The minimum atomic E-state index is -0.198. The molecule has 0 radical (unpaired) electrons. The van der Waals surface area contributed by atoms with E-state index in [0.717, 1.165) is 0 Å². The van der Waals surface area contributed by atoms with E-state index in [9.17, 15) is 14.4 Å². The Bertz CT molecular complexity index is 441. The Balaban J connectivity index is 2.18. The first-order valence-electron chi connectivity index (χ1n) is 6.04. The first kappa shape index (κ1) is 15.4. The summed E-state index contributed by atoms with van der Waals surface area (Å²) in [6.07, 6.45) is 0.637. The van der Waals surface area contributed by atoms with E-state index in [4.69, 9.17) is 0 Å². The van der Waals surface area contributed by atoms with Crippen molar-refractivity contribution in [3.8, 4) is 0 Å². The number of thiophene rings is 1. The fraction of sp³-hybridized carbons (Fsp3) is 0.462. The molecule has 6 heteroatoms. The molecule has 1 N–H and O–H groups in total. The summed E-state index contributed by atoms with van der Waals surface area (Å²) in [6, 6.07) is 3.56. The van der Waals surface area contributed by atoms with Crippen molar-refractivity contribution < 1.29 is 14.4 Å². The van der Waals surface area contributed by atoms with Crippen molar-refractivity contribution in [2.45, 2.75) is 19.3 Å². The summed E-state index contributed by atoms with van der Waals surface area (Å²) in [4.78, 5) is 36.6. The van der Waals surface area contributed by atoms with E-state index < -0.39 is 0 Å². The molecule has 0 fully saturated rings. The number of carbonyl (C=O) groups is 3. The van der Waals surface area contributed by atoms with Crippen LogP contribution >= 0.6 is 11.3 Å². The maximum absolute atomic E-state index is 11.7. The van der Waals surface area contributed by atoms with Crippen LogP contribution in [0.25, 0.3) is 0 Å². The highest BCUT2D eigenvalue weighted by Gasteiger charge is 2.10. The van der Waals surface area contributed by atoms with E-state index in [1.807, 2.05) is 11.4 Å². The fourth-order valence-electron chi connectivity index (χ4n) is 1.41. The quantitative estimate of drug-likeness (QED) is 0.767. The van der Waals surface area contributed by atoms with Crippen molar-refractivity contribution in [1.82, 2.24) is 10.2 Å². The molecule has 0 atom stereocenters. The van der Waals surface area contributed by atoms with Crippen LogP contribution < -0.4 is 5.32 Å². The van der Waals surface area contributed by atoms with Crippen LogP contribution in [0.3, 0.4) is 0 Å². The van der Waals surface area contributed by atoms with Crippen molar-refractivity contribution >= 4 is 28.9 Å². The maximum atomic E-state index is 11.7. The molecule has 5 nitrogen and oxygen atoms in total. The van der Waals surface area contributed by atoms with Gasteiger partial charge in [-0.1, -0.05) is 6.07 Å². The van der Waals surface area contributed by atoms with Crippen molar-refractivity contribution in [3.05, 3.63) is 22.4 Å². The number of rotatable bonds is 7. The number of carbonyl (C=O) groups excluding carboxylic acids is 3.